The third kappa shape index (κ3) is 3.33. The van der Waals surface area contributed by atoms with Crippen LogP contribution in [0.1, 0.15) is 4.88 Å². The number of halogens is 2. The van der Waals surface area contributed by atoms with Crippen molar-refractivity contribution < 1.29 is 17.9 Å². The Balaban J connectivity index is 2.33. The average molecular weight is 366 g/mol. The number of nitrogens with one attached hydrogen (secondary N) is 1. The molecule has 2 aromatic rings. The molecule has 0 atom stereocenters. The topological polar surface area (TPSA) is 66.4 Å². The quantitative estimate of drug-likeness (QED) is 0.875. The van der Waals surface area contributed by atoms with Gasteiger partial charge in [0.15, 0.2) is 0 Å². The van der Waals surface area contributed by atoms with Gasteiger partial charge in [-0.2, -0.15) is 0 Å². The van der Waals surface area contributed by atoms with Crippen LogP contribution in [0.5, 0.6) is 0 Å². The molecule has 1 heterocycles. The van der Waals surface area contributed by atoms with Gasteiger partial charge in [-0.3, -0.25) is 4.72 Å². The highest BCUT2D eigenvalue weighted by molar-refractivity contribution is 9.10. The summed E-state index contributed by atoms with van der Waals surface area (Å²) < 4.78 is 40.3. The number of hydrogen-bond donors (Lipinski definition) is 2. The van der Waals surface area contributed by atoms with Crippen molar-refractivity contribution in [2.45, 2.75) is 11.5 Å². The number of anilines is 1. The second-order valence-corrected chi connectivity index (χ2v) is 7.23. The SMILES string of the molecule is O=S(=O)(Nc1cc(Br)ccc1F)c1csc(CO)c1. The van der Waals surface area contributed by atoms with Crippen LogP contribution in [-0.2, 0) is 16.6 Å². The van der Waals surface area contributed by atoms with Gasteiger partial charge in [0.1, 0.15) is 5.82 Å². The summed E-state index contributed by atoms with van der Waals surface area (Å²) >= 11 is 4.27. The molecule has 19 heavy (non-hydrogen) atoms. The van der Waals surface area contributed by atoms with Crippen molar-refractivity contribution >= 4 is 43.0 Å². The molecule has 0 spiro atoms. The van der Waals surface area contributed by atoms with Gasteiger partial charge in [-0.25, -0.2) is 12.8 Å². The Labute approximate surface area is 122 Å². The summed E-state index contributed by atoms with van der Waals surface area (Å²) in [6, 6.07) is 5.32. The Kier molecular flexibility index (Phi) is 4.24. The Hall–Kier alpha value is -0.960. The maximum atomic E-state index is 13.5. The molecular formula is C11H9BrFNO3S2. The highest BCUT2D eigenvalue weighted by Gasteiger charge is 2.18. The molecule has 0 aliphatic rings. The lowest BCUT2D eigenvalue weighted by atomic mass is 10.3. The van der Waals surface area contributed by atoms with Crippen molar-refractivity contribution in [3.05, 3.63) is 44.8 Å². The molecule has 0 amide bonds. The van der Waals surface area contributed by atoms with E-state index in [0.29, 0.717) is 9.35 Å². The zero-order chi connectivity index (χ0) is 14.0. The lowest BCUT2D eigenvalue weighted by Crippen LogP contribution is -2.13. The number of aliphatic hydroxyl groups excluding tert-OH is 1. The van der Waals surface area contributed by atoms with Gasteiger partial charge in [-0.1, -0.05) is 15.9 Å². The van der Waals surface area contributed by atoms with Gasteiger partial charge in [0.2, 0.25) is 0 Å². The summed E-state index contributed by atoms with van der Waals surface area (Å²) in [5, 5.41) is 10.3. The van der Waals surface area contributed by atoms with Crippen molar-refractivity contribution in [1.82, 2.24) is 0 Å². The van der Waals surface area contributed by atoms with Crippen LogP contribution in [0.4, 0.5) is 10.1 Å². The Morgan fingerprint density at radius 3 is 2.74 bits per heavy atom. The summed E-state index contributed by atoms with van der Waals surface area (Å²) in [6.45, 7) is -0.231. The van der Waals surface area contributed by atoms with Gasteiger partial charge >= 0.3 is 0 Å². The van der Waals surface area contributed by atoms with Crippen LogP contribution in [-0.4, -0.2) is 13.5 Å². The molecule has 0 aliphatic heterocycles. The second-order valence-electron chi connectivity index (χ2n) is 3.64. The first-order valence-corrected chi connectivity index (χ1v) is 8.24. The monoisotopic (exact) mass is 365 g/mol. The van der Waals surface area contributed by atoms with Gasteiger partial charge in [-0.05, 0) is 24.3 Å². The predicted octanol–water partition coefficient (Wildman–Crippen LogP) is 2.94. The fraction of sp³-hybridized carbons (Fsp3) is 0.0909. The number of rotatable bonds is 4. The molecular weight excluding hydrogens is 357 g/mol. The third-order valence-corrected chi connectivity index (χ3v) is 5.18. The van der Waals surface area contributed by atoms with E-state index in [4.69, 9.17) is 5.11 Å². The lowest BCUT2D eigenvalue weighted by molar-refractivity contribution is 0.285. The van der Waals surface area contributed by atoms with Crippen molar-refractivity contribution in [2.75, 3.05) is 4.72 Å². The van der Waals surface area contributed by atoms with Gasteiger partial charge in [0, 0.05) is 14.7 Å². The molecule has 0 unspecified atom stereocenters. The summed E-state index contributed by atoms with van der Waals surface area (Å²) in [5.74, 6) is -0.663. The van der Waals surface area contributed by atoms with E-state index in [9.17, 15) is 12.8 Å². The molecule has 8 heteroatoms. The fourth-order valence-corrected chi connectivity index (χ4v) is 3.92. The molecule has 0 radical (unpaired) electrons. The summed E-state index contributed by atoms with van der Waals surface area (Å²) in [5.41, 5.74) is -0.133. The van der Waals surface area contributed by atoms with Crippen LogP contribution < -0.4 is 4.72 Å². The summed E-state index contributed by atoms with van der Waals surface area (Å²) in [6.07, 6.45) is 0. The molecule has 0 bridgehead atoms. The molecule has 2 rings (SSSR count). The predicted molar refractivity (Wildman–Crippen MR) is 75.2 cm³/mol. The standard InChI is InChI=1S/C11H9BrFNO3S2/c12-7-1-2-10(13)11(3-7)14-19(16,17)9-4-8(5-15)18-6-9/h1-4,6,14-15H,5H2. The number of aliphatic hydroxyl groups is 1. The van der Waals surface area contributed by atoms with Gasteiger partial charge < -0.3 is 5.11 Å². The third-order valence-electron chi connectivity index (χ3n) is 2.27. The highest BCUT2D eigenvalue weighted by Crippen LogP contribution is 2.25. The minimum atomic E-state index is -3.85. The molecule has 2 N–H and O–H groups in total. The van der Waals surface area contributed by atoms with E-state index in [1.54, 1.807) is 0 Å². The number of thiophene rings is 1. The van der Waals surface area contributed by atoms with Crippen LogP contribution in [0, 0.1) is 5.82 Å². The average Bonchev–Trinajstić information content (AvgIpc) is 2.83. The highest BCUT2D eigenvalue weighted by atomic mass is 79.9. The molecule has 1 aromatic heterocycles. The maximum Gasteiger partial charge on any atom is 0.262 e. The number of sulfonamides is 1. The van der Waals surface area contributed by atoms with E-state index < -0.39 is 15.8 Å². The molecule has 102 valence electrons. The molecule has 0 saturated heterocycles. The minimum absolute atomic E-state index is 0.000857. The first kappa shape index (κ1) is 14.4. The smallest absolute Gasteiger partial charge is 0.262 e. The van der Waals surface area contributed by atoms with Crippen LogP contribution in [0.3, 0.4) is 0 Å². The fourth-order valence-electron chi connectivity index (χ4n) is 1.36. The summed E-state index contributed by atoms with van der Waals surface area (Å²) in [7, 11) is -3.85. The van der Waals surface area contributed by atoms with Gasteiger partial charge in [0.25, 0.3) is 10.0 Å². The van der Waals surface area contributed by atoms with E-state index in [-0.39, 0.29) is 17.2 Å². The van der Waals surface area contributed by atoms with Crippen LogP contribution in [0.2, 0.25) is 0 Å². The normalized spacial score (nSPS) is 11.5. The molecule has 1 aromatic carbocycles. The lowest BCUT2D eigenvalue weighted by Gasteiger charge is -2.07. The van der Waals surface area contributed by atoms with Crippen LogP contribution in [0.25, 0.3) is 0 Å². The second kappa shape index (κ2) is 5.58. The van der Waals surface area contributed by atoms with Crippen molar-refractivity contribution in [1.29, 1.82) is 0 Å². The van der Waals surface area contributed by atoms with Crippen molar-refractivity contribution in [3.8, 4) is 0 Å². The maximum absolute atomic E-state index is 13.5. The Morgan fingerprint density at radius 1 is 1.37 bits per heavy atom. The number of benzene rings is 1. The Bertz CT molecular complexity index is 700. The molecule has 4 nitrogen and oxygen atoms in total. The Morgan fingerprint density at radius 2 is 2.11 bits per heavy atom. The first-order chi connectivity index (χ1) is 8.92. The minimum Gasteiger partial charge on any atom is -0.391 e. The van der Waals surface area contributed by atoms with Gasteiger partial charge in [0.05, 0.1) is 17.2 Å². The van der Waals surface area contributed by atoms with Crippen molar-refractivity contribution in [2.24, 2.45) is 0 Å². The van der Waals surface area contributed by atoms with E-state index in [2.05, 4.69) is 20.7 Å². The van der Waals surface area contributed by atoms with Crippen molar-refractivity contribution in [3.63, 3.8) is 0 Å². The molecule has 0 aliphatic carbocycles. The summed E-state index contributed by atoms with van der Waals surface area (Å²) in [4.78, 5) is 0.524. The largest absolute Gasteiger partial charge is 0.391 e. The first-order valence-electron chi connectivity index (χ1n) is 5.08. The van der Waals surface area contributed by atoms with E-state index in [1.165, 1.54) is 23.6 Å². The zero-order valence-corrected chi connectivity index (χ0v) is 12.6. The molecule has 0 saturated carbocycles. The van der Waals surface area contributed by atoms with E-state index >= 15 is 0 Å². The zero-order valence-electron chi connectivity index (χ0n) is 9.43. The van der Waals surface area contributed by atoms with Crippen LogP contribution in [0.15, 0.2) is 39.0 Å². The molecule has 0 fully saturated rings. The van der Waals surface area contributed by atoms with Gasteiger partial charge in [-0.15, -0.1) is 11.3 Å². The number of hydrogen-bond acceptors (Lipinski definition) is 4. The van der Waals surface area contributed by atoms with E-state index in [0.717, 1.165) is 17.4 Å². The van der Waals surface area contributed by atoms with Crippen LogP contribution >= 0.6 is 27.3 Å². The van der Waals surface area contributed by atoms with E-state index in [1.807, 2.05) is 0 Å².